The summed E-state index contributed by atoms with van der Waals surface area (Å²) >= 11 is 5.89. The summed E-state index contributed by atoms with van der Waals surface area (Å²) in [5.74, 6) is -0.247. The summed E-state index contributed by atoms with van der Waals surface area (Å²) in [6.07, 6.45) is 1.06. The van der Waals surface area contributed by atoms with E-state index in [1.54, 1.807) is 6.07 Å². The molecule has 0 aliphatic heterocycles. The summed E-state index contributed by atoms with van der Waals surface area (Å²) in [6, 6.07) is 10.9. The van der Waals surface area contributed by atoms with Crippen LogP contribution in [0.2, 0.25) is 5.02 Å². The predicted molar refractivity (Wildman–Crippen MR) is 92.1 cm³/mol. The maximum absolute atomic E-state index is 11.8. The van der Waals surface area contributed by atoms with Gasteiger partial charge in [0.15, 0.2) is 12.9 Å². The largest absolute Gasteiger partial charge is 0.483 e. The second-order valence-corrected chi connectivity index (χ2v) is 5.55. The van der Waals surface area contributed by atoms with Gasteiger partial charge in [-0.15, -0.1) is 0 Å². The summed E-state index contributed by atoms with van der Waals surface area (Å²) in [5, 5.41) is 14.0. The quantitative estimate of drug-likeness (QED) is 0.442. The molecular weight excluding hydrogens is 348 g/mol. The molecule has 2 aromatic carbocycles. The number of nitro benzene ring substituents is 1. The van der Waals surface area contributed by atoms with Crippen molar-refractivity contribution in [1.29, 1.82) is 0 Å². The van der Waals surface area contributed by atoms with Crippen LogP contribution in [0.25, 0.3) is 0 Å². The van der Waals surface area contributed by atoms with Crippen LogP contribution in [0.3, 0.4) is 0 Å². The van der Waals surface area contributed by atoms with E-state index in [4.69, 9.17) is 16.3 Å². The zero-order valence-corrected chi connectivity index (χ0v) is 13.9. The first kappa shape index (κ1) is 18.4. The molecule has 0 radical (unpaired) electrons. The number of hydrogen-bond acceptors (Lipinski definition) is 5. The molecule has 7 nitrogen and oxygen atoms in total. The highest BCUT2D eigenvalue weighted by Gasteiger charge is 2.12. The Hall–Kier alpha value is -2.93. The van der Waals surface area contributed by atoms with Crippen molar-refractivity contribution in [3.05, 3.63) is 68.7 Å². The van der Waals surface area contributed by atoms with Gasteiger partial charge in [-0.05, 0) is 30.2 Å². The number of benzene rings is 2. The number of carbonyl (C=O) groups is 2. The van der Waals surface area contributed by atoms with Crippen LogP contribution in [0.5, 0.6) is 5.75 Å². The Bertz CT molecular complexity index is 794. The number of carbonyl (C=O) groups excluding carboxylic acids is 2. The fourth-order valence-corrected chi connectivity index (χ4v) is 2.32. The summed E-state index contributed by atoms with van der Waals surface area (Å²) in [5.41, 5.74) is 0.786. The van der Waals surface area contributed by atoms with Crippen LogP contribution in [-0.2, 0) is 11.2 Å². The van der Waals surface area contributed by atoms with Crippen LogP contribution in [0.1, 0.15) is 15.9 Å². The Morgan fingerprint density at radius 2 is 2.08 bits per heavy atom. The minimum absolute atomic E-state index is 0.0147. The Balaban J connectivity index is 1.83. The average molecular weight is 363 g/mol. The van der Waals surface area contributed by atoms with Crippen molar-refractivity contribution in [1.82, 2.24) is 5.32 Å². The summed E-state index contributed by atoms with van der Waals surface area (Å²) in [6.45, 7) is 0.109. The van der Waals surface area contributed by atoms with Crippen molar-refractivity contribution in [2.24, 2.45) is 0 Å². The van der Waals surface area contributed by atoms with Gasteiger partial charge in [-0.1, -0.05) is 23.7 Å². The van der Waals surface area contributed by atoms with Crippen LogP contribution in [0.4, 0.5) is 5.69 Å². The van der Waals surface area contributed by atoms with E-state index < -0.39 is 4.92 Å². The van der Waals surface area contributed by atoms with E-state index in [1.807, 2.05) is 18.2 Å². The number of rotatable bonds is 8. The third-order valence-electron chi connectivity index (χ3n) is 3.31. The highest BCUT2D eigenvalue weighted by atomic mass is 35.5. The minimum atomic E-state index is -0.612. The molecule has 1 amide bonds. The fraction of sp³-hybridized carbons (Fsp3) is 0.176. The lowest BCUT2D eigenvalue weighted by atomic mass is 10.1. The second kappa shape index (κ2) is 8.79. The summed E-state index contributed by atoms with van der Waals surface area (Å²) in [7, 11) is 0. The molecule has 2 aromatic rings. The number of nitrogens with zero attached hydrogens (tertiary/aromatic N) is 1. The van der Waals surface area contributed by atoms with Crippen molar-refractivity contribution in [2.45, 2.75) is 6.42 Å². The molecule has 0 unspecified atom stereocenters. The number of amides is 1. The highest BCUT2D eigenvalue weighted by Crippen LogP contribution is 2.22. The Morgan fingerprint density at radius 1 is 1.28 bits per heavy atom. The van der Waals surface area contributed by atoms with E-state index in [-0.39, 0.29) is 29.5 Å². The molecule has 0 bridgehead atoms. The van der Waals surface area contributed by atoms with Gasteiger partial charge >= 0.3 is 0 Å². The molecular formula is C17H15ClN2O5. The van der Waals surface area contributed by atoms with E-state index in [9.17, 15) is 19.7 Å². The van der Waals surface area contributed by atoms with Crippen LogP contribution < -0.4 is 10.1 Å². The van der Waals surface area contributed by atoms with Crippen molar-refractivity contribution in [3.63, 3.8) is 0 Å². The molecule has 0 saturated carbocycles. The standard InChI is InChI=1S/C17H15ClN2O5/c18-14-3-1-2-12(8-14)6-7-19-17(22)11-25-16-5-4-15(20(23)24)9-13(16)10-21/h1-5,8-10H,6-7,11H2,(H,19,22). The predicted octanol–water partition coefficient (Wildman–Crippen LogP) is 2.80. The van der Waals surface area contributed by atoms with Crippen LogP contribution >= 0.6 is 11.6 Å². The molecule has 0 spiro atoms. The van der Waals surface area contributed by atoms with Gasteiger partial charge in [-0.3, -0.25) is 19.7 Å². The van der Waals surface area contributed by atoms with Crippen LogP contribution in [0.15, 0.2) is 42.5 Å². The molecule has 0 atom stereocenters. The molecule has 2 rings (SSSR count). The number of aldehydes is 1. The van der Waals surface area contributed by atoms with E-state index in [1.165, 1.54) is 12.1 Å². The third kappa shape index (κ3) is 5.58. The monoisotopic (exact) mass is 362 g/mol. The van der Waals surface area contributed by atoms with Crippen molar-refractivity contribution in [2.75, 3.05) is 13.2 Å². The zero-order chi connectivity index (χ0) is 18.2. The SMILES string of the molecule is O=Cc1cc([N+](=O)[O-])ccc1OCC(=O)NCCc1cccc(Cl)c1. The first-order valence-electron chi connectivity index (χ1n) is 7.37. The molecule has 0 aliphatic carbocycles. The third-order valence-corrected chi connectivity index (χ3v) is 3.55. The number of nitro groups is 1. The number of hydrogen-bond donors (Lipinski definition) is 1. The van der Waals surface area contributed by atoms with Gasteiger partial charge < -0.3 is 10.1 Å². The van der Waals surface area contributed by atoms with Crippen molar-refractivity contribution in [3.8, 4) is 5.75 Å². The van der Waals surface area contributed by atoms with E-state index in [2.05, 4.69) is 5.32 Å². The lowest BCUT2D eigenvalue weighted by Gasteiger charge is -2.09. The highest BCUT2D eigenvalue weighted by molar-refractivity contribution is 6.30. The van der Waals surface area contributed by atoms with Crippen molar-refractivity contribution >= 4 is 29.5 Å². The van der Waals surface area contributed by atoms with Crippen molar-refractivity contribution < 1.29 is 19.2 Å². The van der Waals surface area contributed by atoms with Gasteiger partial charge in [-0.25, -0.2) is 0 Å². The smallest absolute Gasteiger partial charge is 0.270 e. The topological polar surface area (TPSA) is 98.5 Å². The fourth-order valence-electron chi connectivity index (χ4n) is 2.11. The molecule has 1 N–H and O–H groups in total. The molecule has 0 heterocycles. The average Bonchev–Trinajstić information content (AvgIpc) is 2.59. The second-order valence-electron chi connectivity index (χ2n) is 5.12. The molecule has 0 fully saturated rings. The normalized spacial score (nSPS) is 10.1. The number of halogens is 1. The number of non-ortho nitro benzene ring substituents is 1. The van der Waals surface area contributed by atoms with Gasteiger partial charge in [-0.2, -0.15) is 0 Å². The Labute approximate surface area is 148 Å². The lowest BCUT2D eigenvalue weighted by Crippen LogP contribution is -2.30. The van der Waals surface area contributed by atoms with E-state index in [0.717, 1.165) is 11.6 Å². The lowest BCUT2D eigenvalue weighted by molar-refractivity contribution is -0.384. The maximum Gasteiger partial charge on any atom is 0.270 e. The molecule has 0 aliphatic rings. The molecule has 130 valence electrons. The summed E-state index contributed by atoms with van der Waals surface area (Å²) in [4.78, 5) is 32.8. The van der Waals surface area contributed by atoms with Gasteiger partial charge in [0.05, 0.1) is 10.5 Å². The van der Waals surface area contributed by atoms with Crippen LogP contribution in [-0.4, -0.2) is 30.3 Å². The van der Waals surface area contributed by atoms with Gasteiger partial charge in [0.25, 0.3) is 11.6 Å². The van der Waals surface area contributed by atoms with Gasteiger partial charge in [0.1, 0.15) is 5.75 Å². The van der Waals surface area contributed by atoms with Gasteiger partial charge in [0, 0.05) is 23.7 Å². The van der Waals surface area contributed by atoms with E-state index in [0.29, 0.717) is 24.3 Å². The first-order valence-corrected chi connectivity index (χ1v) is 7.75. The summed E-state index contributed by atoms with van der Waals surface area (Å²) < 4.78 is 5.26. The van der Waals surface area contributed by atoms with E-state index >= 15 is 0 Å². The minimum Gasteiger partial charge on any atom is -0.483 e. The first-order chi connectivity index (χ1) is 12.0. The number of ether oxygens (including phenoxy) is 1. The maximum atomic E-state index is 11.8. The Morgan fingerprint density at radius 3 is 2.76 bits per heavy atom. The number of nitrogens with one attached hydrogen (secondary N) is 1. The molecule has 0 aromatic heterocycles. The molecule has 8 heteroatoms. The molecule has 25 heavy (non-hydrogen) atoms. The zero-order valence-electron chi connectivity index (χ0n) is 13.1. The van der Waals surface area contributed by atoms with Gasteiger partial charge in [0.2, 0.25) is 0 Å². The van der Waals surface area contributed by atoms with Crippen LogP contribution in [0, 0.1) is 10.1 Å². The Kier molecular flexibility index (Phi) is 6.47. The molecule has 0 saturated heterocycles.